The molecule has 1 atom stereocenters. The van der Waals surface area contributed by atoms with E-state index in [9.17, 15) is 9.59 Å². The molecule has 1 fully saturated rings. The fourth-order valence-corrected chi connectivity index (χ4v) is 2.04. The number of hydrogen-bond acceptors (Lipinski definition) is 3. The lowest BCUT2D eigenvalue weighted by molar-refractivity contribution is -0.128. The van der Waals surface area contributed by atoms with Crippen molar-refractivity contribution in [3.63, 3.8) is 0 Å². The number of likely N-dealkylation sites (N-methyl/N-ethyl adjacent to an activating group) is 1. The molecule has 2 rings (SSSR count). The van der Waals surface area contributed by atoms with E-state index in [1.807, 2.05) is 0 Å². The zero-order valence-corrected chi connectivity index (χ0v) is 11.2. The molecular weight excluding hydrogens is 256 g/mol. The minimum atomic E-state index is -0.429. The SMILES string of the molecule is CN1CCC(NC(=O)c2ccc(C#CCO)cc2)C1=O. The molecule has 5 heteroatoms. The maximum atomic E-state index is 12.0. The largest absolute Gasteiger partial charge is 0.384 e. The van der Waals surface area contributed by atoms with Gasteiger partial charge in [0.1, 0.15) is 12.6 Å². The lowest BCUT2D eigenvalue weighted by Crippen LogP contribution is -2.40. The van der Waals surface area contributed by atoms with Gasteiger partial charge in [0.15, 0.2) is 0 Å². The van der Waals surface area contributed by atoms with Crippen LogP contribution in [0.4, 0.5) is 0 Å². The topological polar surface area (TPSA) is 69.6 Å². The fourth-order valence-electron chi connectivity index (χ4n) is 2.04. The Balaban J connectivity index is 2.01. The molecule has 0 aliphatic carbocycles. The Morgan fingerprint density at radius 1 is 1.45 bits per heavy atom. The summed E-state index contributed by atoms with van der Waals surface area (Å²) in [5.74, 6) is 4.98. The Kier molecular flexibility index (Phi) is 4.38. The Morgan fingerprint density at radius 2 is 2.15 bits per heavy atom. The third-order valence-corrected chi connectivity index (χ3v) is 3.19. The van der Waals surface area contributed by atoms with Crippen molar-refractivity contribution < 1.29 is 14.7 Å². The number of aliphatic hydroxyl groups excluding tert-OH is 1. The number of likely N-dealkylation sites (tertiary alicyclic amines) is 1. The standard InChI is InChI=1S/C15H16N2O3/c1-17-9-8-13(15(17)20)16-14(19)12-6-4-11(5-7-12)3-2-10-18/h4-7,13,18H,8-10H2,1H3,(H,16,19). The van der Waals surface area contributed by atoms with Gasteiger partial charge in [-0.05, 0) is 30.7 Å². The second-order valence-electron chi connectivity index (χ2n) is 4.61. The predicted molar refractivity (Wildman–Crippen MR) is 73.9 cm³/mol. The Morgan fingerprint density at radius 3 is 2.70 bits per heavy atom. The quantitative estimate of drug-likeness (QED) is 0.744. The van der Waals surface area contributed by atoms with Crippen LogP contribution in [0.3, 0.4) is 0 Å². The zero-order valence-electron chi connectivity index (χ0n) is 11.2. The molecule has 1 aliphatic heterocycles. The second kappa shape index (κ2) is 6.22. The molecule has 1 unspecified atom stereocenters. The van der Waals surface area contributed by atoms with Crippen molar-refractivity contribution >= 4 is 11.8 Å². The number of carbonyl (C=O) groups is 2. The fraction of sp³-hybridized carbons (Fsp3) is 0.333. The molecule has 0 radical (unpaired) electrons. The minimum Gasteiger partial charge on any atom is -0.384 e. The van der Waals surface area contributed by atoms with Gasteiger partial charge in [-0.25, -0.2) is 0 Å². The third kappa shape index (κ3) is 3.16. The van der Waals surface area contributed by atoms with Crippen LogP contribution in [0.25, 0.3) is 0 Å². The maximum absolute atomic E-state index is 12.0. The second-order valence-corrected chi connectivity index (χ2v) is 4.61. The van der Waals surface area contributed by atoms with Crippen molar-refractivity contribution in [1.29, 1.82) is 0 Å². The number of nitrogens with zero attached hydrogens (tertiary/aromatic N) is 1. The third-order valence-electron chi connectivity index (χ3n) is 3.19. The molecule has 0 saturated carbocycles. The van der Waals surface area contributed by atoms with Crippen molar-refractivity contribution in [1.82, 2.24) is 10.2 Å². The summed E-state index contributed by atoms with van der Waals surface area (Å²) in [6, 6.07) is 6.29. The monoisotopic (exact) mass is 272 g/mol. The molecule has 1 aliphatic rings. The highest BCUT2D eigenvalue weighted by molar-refractivity contribution is 5.98. The minimum absolute atomic E-state index is 0.0521. The molecule has 2 N–H and O–H groups in total. The van der Waals surface area contributed by atoms with E-state index in [-0.39, 0.29) is 18.4 Å². The van der Waals surface area contributed by atoms with Crippen molar-refractivity contribution in [2.75, 3.05) is 20.2 Å². The van der Waals surface area contributed by atoms with Crippen LogP contribution in [0.15, 0.2) is 24.3 Å². The number of rotatable bonds is 2. The summed E-state index contributed by atoms with van der Waals surface area (Å²) >= 11 is 0. The molecule has 1 saturated heterocycles. The summed E-state index contributed by atoms with van der Waals surface area (Å²) in [5, 5.41) is 11.3. The molecule has 0 aromatic heterocycles. The van der Waals surface area contributed by atoms with Crippen LogP contribution in [0, 0.1) is 11.8 Å². The number of benzene rings is 1. The van der Waals surface area contributed by atoms with Gasteiger partial charge in [0.05, 0.1) is 0 Å². The van der Waals surface area contributed by atoms with Crippen LogP contribution >= 0.6 is 0 Å². The van der Waals surface area contributed by atoms with E-state index in [4.69, 9.17) is 5.11 Å². The van der Waals surface area contributed by atoms with E-state index < -0.39 is 6.04 Å². The molecule has 0 spiro atoms. The van der Waals surface area contributed by atoms with Crippen molar-refractivity contribution in [3.8, 4) is 11.8 Å². The Hall–Kier alpha value is -2.32. The van der Waals surface area contributed by atoms with Gasteiger partial charge >= 0.3 is 0 Å². The number of aliphatic hydroxyl groups is 1. The number of hydrogen-bond donors (Lipinski definition) is 2. The molecule has 1 aromatic carbocycles. The first-order chi connectivity index (χ1) is 9.61. The summed E-state index contributed by atoms with van der Waals surface area (Å²) in [6.45, 7) is 0.471. The van der Waals surface area contributed by atoms with Gasteiger partial charge in [-0.1, -0.05) is 11.8 Å². The smallest absolute Gasteiger partial charge is 0.251 e. The first kappa shape index (κ1) is 14.1. The van der Waals surface area contributed by atoms with Gasteiger partial charge in [-0.3, -0.25) is 9.59 Å². The molecule has 104 valence electrons. The Bertz CT molecular complexity index is 569. The summed E-state index contributed by atoms with van der Waals surface area (Å²) < 4.78 is 0. The van der Waals surface area contributed by atoms with Gasteiger partial charge in [-0.2, -0.15) is 0 Å². The first-order valence-corrected chi connectivity index (χ1v) is 6.37. The lowest BCUT2D eigenvalue weighted by atomic mass is 10.1. The number of amides is 2. The normalized spacial score (nSPS) is 17.6. The van der Waals surface area contributed by atoms with Gasteiger partial charge in [0.25, 0.3) is 5.91 Å². The Labute approximate surface area is 117 Å². The van der Waals surface area contributed by atoms with Gasteiger partial charge in [-0.15, -0.1) is 0 Å². The summed E-state index contributed by atoms with van der Waals surface area (Å²) in [7, 11) is 1.73. The van der Waals surface area contributed by atoms with Crippen LogP contribution in [-0.2, 0) is 4.79 Å². The van der Waals surface area contributed by atoms with E-state index in [2.05, 4.69) is 17.2 Å². The van der Waals surface area contributed by atoms with Gasteiger partial charge in [0.2, 0.25) is 5.91 Å². The van der Waals surface area contributed by atoms with E-state index >= 15 is 0 Å². The highest BCUT2D eigenvalue weighted by Crippen LogP contribution is 2.10. The first-order valence-electron chi connectivity index (χ1n) is 6.37. The van der Waals surface area contributed by atoms with E-state index in [1.165, 1.54) is 0 Å². The van der Waals surface area contributed by atoms with Gasteiger partial charge < -0.3 is 15.3 Å². The molecule has 2 amide bonds. The molecular formula is C15H16N2O3. The average Bonchev–Trinajstić information content (AvgIpc) is 2.77. The van der Waals surface area contributed by atoms with E-state index in [0.717, 1.165) is 5.56 Å². The summed E-state index contributed by atoms with van der Waals surface area (Å²) in [5.41, 5.74) is 1.22. The molecule has 0 bridgehead atoms. The van der Waals surface area contributed by atoms with Crippen LogP contribution in [0.5, 0.6) is 0 Å². The lowest BCUT2D eigenvalue weighted by Gasteiger charge is -2.12. The summed E-state index contributed by atoms with van der Waals surface area (Å²) in [4.78, 5) is 25.3. The molecule has 5 nitrogen and oxygen atoms in total. The van der Waals surface area contributed by atoms with Crippen LogP contribution in [-0.4, -0.2) is 48.1 Å². The summed E-state index contributed by atoms with van der Waals surface area (Å²) in [6.07, 6.45) is 0.640. The molecule has 1 heterocycles. The van der Waals surface area contributed by atoms with Crippen molar-refractivity contribution in [2.45, 2.75) is 12.5 Å². The number of nitrogens with one attached hydrogen (secondary N) is 1. The van der Waals surface area contributed by atoms with E-state index in [1.54, 1.807) is 36.2 Å². The van der Waals surface area contributed by atoms with Gasteiger partial charge in [0, 0.05) is 24.7 Å². The molecule has 20 heavy (non-hydrogen) atoms. The zero-order chi connectivity index (χ0) is 14.5. The van der Waals surface area contributed by atoms with Crippen molar-refractivity contribution in [2.24, 2.45) is 0 Å². The predicted octanol–water partition coefficient (Wildman–Crippen LogP) is -0.00910. The maximum Gasteiger partial charge on any atom is 0.251 e. The molecule has 1 aromatic rings. The van der Waals surface area contributed by atoms with Crippen LogP contribution in [0.1, 0.15) is 22.3 Å². The van der Waals surface area contributed by atoms with Crippen LogP contribution in [0.2, 0.25) is 0 Å². The number of carbonyl (C=O) groups excluding carboxylic acids is 2. The highest BCUT2D eigenvalue weighted by Gasteiger charge is 2.30. The highest BCUT2D eigenvalue weighted by atomic mass is 16.2. The van der Waals surface area contributed by atoms with E-state index in [0.29, 0.717) is 18.5 Å². The van der Waals surface area contributed by atoms with Crippen LogP contribution < -0.4 is 5.32 Å². The van der Waals surface area contributed by atoms with Crippen molar-refractivity contribution in [3.05, 3.63) is 35.4 Å². The average molecular weight is 272 g/mol.